The minimum atomic E-state index is -0.0178. The van der Waals surface area contributed by atoms with Gasteiger partial charge in [0.2, 0.25) is 0 Å². The topological polar surface area (TPSA) is 37.4 Å². The minimum absolute atomic E-state index is 0.0178. The zero-order chi connectivity index (χ0) is 18.8. The highest BCUT2D eigenvalue weighted by atomic mass is 79.9. The maximum Gasteiger partial charge on any atom is 0.174 e. The minimum Gasteiger partial charge on any atom is -0.494 e. The van der Waals surface area contributed by atoms with Crippen LogP contribution in [0.1, 0.15) is 29.6 Å². The molecule has 3 heterocycles. The summed E-state index contributed by atoms with van der Waals surface area (Å²) in [5.74, 6) is 0.857. The summed E-state index contributed by atoms with van der Waals surface area (Å²) in [6, 6.07) is 16.2. The van der Waals surface area contributed by atoms with Gasteiger partial charge in [0, 0.05) is 26.6 Å². The van der Waals surface area contributed by atoms with Crippen molar-refractivity contribution in [3.05, 3.63) is 75.2 Å². The lowest BCUT2D eigenvalue weighted by atomic mass is 10.0. The summed E-state index contributed by atoms with van der Waals surface area (Å²) in [7, 11) is 0. The number of anilines is 1. The van der Waals surface area contributed by atoms with Crippen LogP contribution in [-0.4, -0.2) is 16.7 Å². The lowest BCUT2D eigenvalue weighted by Gasteiger charge is -2.27. The standard InChI is InChI=1S/C20H18BrN3OS2/c1-2-25-15-8-6-14(7-9-15)24-19(17-11-13(21)12-27-17)18(23-20(24)26)16-5-3-4-10-22-16/h3-12,18-19H,2H2,1H3,(H,23,26)/t18-,19-/m1/s1. The Morgan fingerprint density at radius 2 is 2.07 bits per heavy atom. The van der Waals surface area contributed by atoms with Crippen molar-refractivity contribution in [3.63, 3.8) is 0 Å². The molecule has 138 valence electrons. The molecule has 4 rings (SSSR count). The zero-order valence-electron chi connectivity index (χ0n) is 14.6. The summed E-state index contributed by atoms with van der Waals surface area (Å²) >= 11 is 11.0. The molecule has 2 atom stereocenters. The Balaban J connectivity index is 1.75. The van der Waals surface area contributed by atoms with Gasteiger partial charge in [0.15, 0.2) is 5.11 Å². The first kappa shape index (κ1) is 18.4. The molecule has 4 nitrogen and oxygen atoms in total. The van der Waals surface area contributed by atoms with Crippen molar-refractivity contribution in [2.45, 2.75) is 19.0 Å². The Bertz CT molecular complexity index is 930. The molecule has 1 aliphatic heterocycles. The van der Waals surface area contributed by atoms with E-state index in [0.717, 1.165) is 21.6 Å². The zero-order valence-corrected chi connectivity index (χ0v) is 17.9. The van der Waals surface area contributed by atoms with E-state index in [1.165, 1.54) is 4.88 Å². The van der Waals surface area contributed by atoms with Crippen LogP contribution in [0.4, 0.5) is 5.69 Å². The van der Waals surface area contributed by atoms with Gasteiger partial charge in [-0.05, 0) is 77.5 Å². The van der Waals surface area contributed by atoms with Crippen molar-refractivity contribution >= 4 is 50.3 Å². The van der Waals surface area contributed by atoms with Gasteiger partial charge >= 0.3 is 0 Å². The number of ether oxygens (including phenoxy) is 1. The highest BCUT2D eigenvalue weighted by molar-refractivity contribution is 9.10. The maximum absolute atomic E-state index is 5.72. The smallest absolute Gasteiger partial charge is 0.174 e. The summed E-state index contributed by atoms with van der Waals surface area (Å²) in [5, 5.41) is 6.27. The van der Waals surface area contributed by atoms with Gasteiger partial charge in [-0.15, -0.1) is 11.3 Å². The number of thiophene rings is 1. The van der Waals surface area contributed by atoms with E-state index in [4.69, 9.17) is 17.0 Å². The number of benzene rings is 1. The number of thiocarbonyl (C=S) groups is 1. The van der Waals surface area contributed by atoms with E-state index in [-0.39, 0.29) is 12.1 Å². The highest BCUT2D eigenvalue weighted by Gasteiger charge is 2.41. The summed E-state index contributed by atoms with van der Waals surface area (Å²) in [6.45, 7) is 2.63. The number of nitrogens with zero attached hydrogens (tertiary/aromatic N) is 2. The van der Waals surface area contributed by atoms with Gasteiger partial charge in [-0.2, -0.15) is 0 Å². The third-order valence-corrected chi connectivity index (χ3v) is 6.48. The first-order chi connectivity index (χ1) is 13.2. The predicted octanol–water partition coefficient (Wildman–Crippen LogP) is 5.48. The van der Waals surface area contributed by atoms with E-state index in [0.29, 0.717) is 11.7 Å². The van der Waals surface area contributed by atoms with Crippen LogP contribution in [-0.2, 0) is 0 Å². The van der Waals surface area contributed by atoms with Gasteiger partial charge < -0.3 is 15.0 Å². The Hall–Kier alpha value is -1.96. The van der Waals surface area contributed by atoms with E-state index in [1.807, 2.05) is 43.5 Å². The molecule has 0 unspecified atom stereocenters. The van der Waals surface area contributed by atoms with Crippen LogP contribution < -0.4 is 15.0 Å². The van der Waals surface area contributed by atoms with Crippen LogP contribution >= 0.6 is 39.5 Å². The SMILES string of the molecule is CCOc1ccc(N2C(=S)N[C@H](c3ccccn3)[C@H]2c2cc(Br)cs2)cc1. The molecule has 27 heavy (non-hydrogen) atoms. The number of hydrogen-bond acceptors (Lipinski definition) is 4. The summed E-state index contributed by atoms with van der Waals surface area (Å²) in [5.41, 5.74) is 2.01. The molecule has 1 aliphatic rings. The molecular weight excluding hydrogens is 442 g/mol. The van der Waals surface area contributed by atoms with Crippen LogP contribution in [0.15, 0.2) is 64.6 Å². The molecule has 0 radical (unpaired) electrons. The molecule has 1 aromatic carbocycles. The first-order valence-electron chi connectivity index (χ1n) is 8.65. The van der Waals surface area contributed by atoms with Crippen LogP contribution in [0, 0.1) is 0 Å². The van der Waals surface area contributed by atoms with Crippen molar-refractivity contribution in [3.8, 4) is 5.75 Å². The third kappa shape index (κ3) is 3.72. The molecule has 1 N–H and O–H groups in total. The lowest BCUT2D eigenvalue weighted by molar-refractivity contribution is 0.340. The number of pyridine rings is 1. The lowest BCUT2D eigenvalue weighted by Crippen LogP contribution is -2.29. The Morgan fingerprint density at radius 3 is 2.70 bits per heavy atom. The van der Waals surface area contributed by atoms with Crippen molar-refractivity contribution in [2.24, 2.45) is 0 Å². The van der Waals surface area contributed by atoms with Gasteiger partial charge in [-0.25, -0.2) is 0 Å². The Labute approximate surface area is 176 Å². The fraction of sp³-hybridized carbons (Fsp3) is 0.200. The first-order valence-corrected chi connectivity index (χ1v) is 10.7. The molecule has 3 aromatic rings. The van der Waals surface area contributed by atoms with Gasteiger partial charge in [0.25, 0.3) is 0 Å². The molecule has 0 bridgehead atoms. The quantitative estimate of drug-likeness (QED) is 0.511. The van der Waals surface area contributed by atoms with Gasteiger partial charge in [-0.3, -0.25) is 4.98 Å². The molecule has 7 heteroatoms. The van der Waals surface area contributed by atoms with E-state index >= 15 is 0 Å². The second kappa shape index (κ2) is 7.96. The van der Waals surface area contributed by atoms with E-state index in [2.05, 4.69) is 54.7 Å². The number of aromatic nitrogens is 1. The molecule has 1 fully saturated rings. The summed E-state index contributed by atoms with van der Waals surface area (Å²) in [4.78, 5) is 7.96. The average Bonchev–Trinajstić information content (AvgIpc) is 3.26. The molecule has 0 saturated carbocycles. The second-order valence-electron chi connectivity index (χ2n) is 6.09. The Kier molecular flexibility index (Phi) is 5.43. The van der Waals surface area contributed by atoms with Crippen molar-refractivity contribution in [1.29, 1.82) is 0 Å². The molecule has 0 amide bonds. The average molecular weight is 460 g/mol. The van der Waals surface area contributed by atoms with Gasteiger partial charge in [0.1, 0.15) is 5.75 Å². The van der Waals surface area contributed by atoms with Crippen LogP contribution in [0.3, 0.4) is 0 Å². The largest absolute Gasteiger partial charge is 0.494 e. The molecule has 2 aromatic heterocycles. The third-order valence-electron chi connectivity index (χ3n) is 4.40. The van der Waals surface area contributed by atoms with Crippen LogP contribution in [0.2, 0.25) is 0 Å². The number of nitrogens with one attached hydrogen (secondary N) is 1. The summed E-state index contributed by atoms with van der Waals surface area (Å²) in [6.07, 6.45) is 1.82. The van der Waals surface area contributed by atoms with Crippen LogP contribution in [0.5, 0.6) is 5.75 Å². The normalized spacial score (nSPS) is 19.2. The van der Waals surface area contributed by atoms with E-state index in [9.17, 15) is 0 Å². The monoisotopic (exact) mass is 459 g/mol. The summed E-state index contributed by atoms with van der Waals surface area (Å²) < 4.78 is 6.65. The number of hydrogen-bond donors (Lipinski definition) is 1. The fourth-order valence-corrected chi connectivity index (χ4v) is 5.19. The maximum atomic E-state index is 5.72. The van der Waals surface area contributed by atoms with Crippen LogP contribution in [0.25, 0.3) is 0 Å². The van der Waals surface area contributed by atoms with Crippen molar-refractivity contribution in [2.75, 3.05) is 11.5 Å². The van der Waals surface area contributed by atoms with E-state index in [1.54, 1.807) is 11.3 Å². The van der Waals surface area contributed by atoms with Gasteiger partial charge in [0.05, 0.1) is 24.4 Å². The van der Waals surface area contributed by atoms with Crippen molar-refractivity contribution < 1.29 is 4.74 Å². The number of halogens is 1. The molecular formula is C20H18BrN3OS2. The second-order valence-corrected chi connectivity index (χ2v) is 8.34. The highest BCUT2D eigenvalue weighted by Crippen LogP contribution is 2.44. The molecule has 0 aliphatic carbocycles. The van der Waals surface area contributed by atoms with E-state index < -0.39 is 0 Å². The fourth-order valence-electron chi connectivity index (χ4n) is 3.27. The van der Waals surface area contributed by atoms with Gasteiger partial charge in [-0.1, -0.05) is 6.07 Å². The van der Waals surface area contributed by atoms with Crippen molar-refractivity contribution in [1.82, 2.24) is 10.3 Å². The number of rotatable bonds is 5. The molecule has 1 saturated heterocycles. The Morgan fingerprint density at radius 1 is 1.26 bits per heavy atom. The predicted molar refractivity (Wildman–Crippen MR) is 118 cm³/mol. The molecule has 0 spiro atoms.